The van der Waals surface area contributed by atoms with Crippen molar-refractivity contribution in [2.24, 2.45) is 5.92 Å². The molecule has 1 aromatic carbocycles. The third kappa shape index (κ3) is 4.71. The Hall–Kier alpha value is -1.55. The van der Waals surface area contributed by atoms with Gasteiger partial charge in [-0.05, 0) is 30.5 Å². The van der Waals surface area contributed by atoms with Crippen molar-refractivity contribution in [2.75, 3.05) is 0 Å². The maximum Gasteiger partial charge on any atom is 0.307 e. The average molecular weight is 338 g/mol. The topological polar surface area (TPSA) is 55.4 Å². The largest absolute Gasteiger partial charge is 0.457 e. The molecule has 4 nitrogen and oxygen atoms in total. The van der Waals surface area contributed by atoms with Crippen LogP contribution in [-0.2, 0) is 14.3 Å². The Balaban J connectivity index is 2.10. The molecule has 0 aliphatic carbocycles. The summed E-state index contributed by atoms with van der Waals surface area (Å²) in [5, 5.41) is 3.71. The van der Waals surface area contributed by atoms with Gasteiger partial charge in [-0.2, -0.15) is 0 Å². The van der Waals surface area contributed by atoms with Crippen molar-refractivity contribution < 1.29 is 14.3 Å². The van der Waals surface area contributed by atoms with Gasteiger partial charge in [-0.1, -0.05) is 50.4 Å². The summed E-state index contributed by atoms with van der Waals surface area (Å²) in [5.41, 5.74) is 0.808. The van der Waals surface area contributed by atoms with Gasteiger partial charge in [0.25, 0.3) is 0 Å². The SMILES string of the molecule is CCCC(CCC)NC(=O)[C@H]1CC(=O)OC1c1ccc(Cl)cc1. The standard InChI is InChI=1S/C18H24ClNO3/c1-3-5-14(6-4-2)20-18(22)15-11-16(21)23-17(15)12-7-9-13(19)10-8-12/h7-10,14-15,17H,3-6,11H2,1-2H3,(H,20,22)/t15-,17?/m0/s1. The maximum atomic E-state index is 12.6. The van der Waals surface area contributed by atoms with Crippen LogP contribution in [-0.4, -0.2) is 17.9 Å². The third-order valence-corrected chi connectivity index (χ3v) is 4.42. The van der Waals surface area contributed by atoms with Gasteiger partial charge in [0.2, 0.25) is 5.91 Å². The number of cyclic esters (lactones) is 1. The monoisotopic (exact) mass is 337 g/mol. The van der Waals surface area contributed by atoms with Gasteiger partial charge in [0.1, 0.15) is 6.10 Å². The number of carbonyl (C=O) groups is 2. The van der Waals surface area contributed by atoms with E-state index in [0.29, 0.717) is 5.02 Å². The highest BCUT2D eigenvalue weighted by Crippen LogP contribution is 2.36. The van der Waals surface area contributed by atoms with E-state index in [0.717, 1.165) is 31.2 Å². The summed E-state index contributed by atoms with van der Waals surface area (Å²) in [6.07, 6.45) is 3.55. The van der Waals surface area contributed by atoms with E-state index in [9.17, 15) is 9.59 Å². The summed E-state index contributed by atoms with van der Waals surface area (Å²) >= 11 is 5.90. The van der Waals surface area contributed by atoms with Gasteiger partial charge >= 0.3 is 5.97 Å². The van der Waals surface area contributed by atoms with E-state index in [4.69, 9.17) is 16.3 Å². The number of rotatable bonds is 7. The number of hydrogen-bond donors (Lipinski definition) is 1. The average Bonchev–Trinajstić information content (AvgIpc) is 2.90. The second kappa shape index (κ2) is 8.34. The Kier molecular flexibility index (Phi) is 6.46. The lowest BCUT2D eigenvalue weighted by molar-refractivity contribution is -0.141. The fourth-order valence-corrected chi connectivity index (χ4v) is 3.16. The molecule has 0 saturated carbocycles. The summed E-state index contributed by atoms with van der Waals surface area (Å²) in [6.45, 7) is 4.21. The lowest BCUT2D eigenvalue weighted by atomic mass is 9.93. The van der Waals surface area contributed by atoms with Crippen molar-refractivity contribution in [3.05, 3.63) is 34.9 Å². The molecule has 1 amide bonds. The minimum absolute atomic E-state index is 0.0947. The first-order valence-electron chi connectivity index (χ1n) is 8.30. The summed E-state index contributed by atoms with van der Waals surface area (Å²) in [6, 6.07) is 7.27. The van der Waals surface area contributed by atoms with E-state index in [1.165, 1.54) is 0 Å². The predicted octanol–water partition coefficient (Wildman–Crippen LogP) is 4.03. The second-order valence-electron chi connectivity index (χ2n) is 6.06. The maximum absolute atomic E-state index is 12.6. The molecular formula is C18H24ClNO3. The van der Waals surface area contributed by atoms with E-state index in [2.05, 4.69) is 19.2 Å². The van der Waals surface area contributed by atoms with Crippen molar-refractivity contribution >= 4 is 23.5 Å². The van der Waals surface area contributed by atoms with Gasteiger partial charge in [-0.15, -0.1) is 0 Å². The smallest absolute Gasteiger partial charge is 0.307 e. The van der Waals surface area contributed by atoms with Crippen LogP contribution in [0.5, 0.6) is 0 Å². The molecule has 1 saturated heterocycles. The Bertz CT molecular complexity index is 538. The molecular weight excluding hydrogens is 314 g/mol. The number of amides is 1. The van der Waals surface area contributed by atoms with Crippen molar-refractivity contribution in [1.82, 2.24) is 5.32 Å². The summed E-state index contributed by atoms with van der Waals surface area (Å²) < 4.78 is 5.38. The number of hydrogen-bond acceptors (Lipinski definition) is 3. The van der Waals surface area contributed by atoms with Crippen LogP contribution in [0.2, 0.25) is 5.02 Å². The van der Waals surface area contributed by atoms with Gasteiger partial charge in [-0.25, -0.2) is 0 Å². The van der Waals surface area contributed by atoms with Crippen LogP contribution in [0.25, 0.3) is 0 Å². The molecule has 1 fully saturated rings. The van der Waals surface area contributed by atoms with Gasteiger partial charge < -0.3 is 10.1 Å². The lowest BCUT2D eigenvalue weighted by Crippen LogP contribution is -2.39. The first-order chi connectivity index (χ1) is 11.0. The van der Waals surface area contributed by atoms with Gasteiger partial charge in [0.15, 0.2) is 0 Å². The number of benzene rings is 1. The Morgan fingerprint density at radius 1 is 1.26 bits per heavy atom. The summed E-state index contributed by atoms with van der Waals surface area (Å²) in [7, 11) is 0. The highest BCUT2D eigenvalue weighted by atomic mass is 35.5. The molecule has 1 aromatic rings. The van der Waals surface area contributed by atoms with Crippen LogP contribution in [0.15, 0.2) is 24.3 Å². The Morgan fingerprint density at radius 3 is 2.43 bits per heavy atom. The molecule has 1 N–H and O–H groups in total. The van der Waals surface area contributed by atoms with Crippen LogP contribution < -0.4 is 5.32 Å². The molecule has 1 aliphatic heterocycles. The molecule has 2 rings (SSSR count). The zero-order valence-electron chi connectivity index (χ0n) is 13.7. The fraction of sp³-hybridized carbons (Fsp3) is 0.556. The highest BCUT2D eigenvalue weighted by molar-refractivity contribution is 6.30. The van der Waals surface area contributed by atoms with E-state index in [1.54, 1.807) is 24.3 Å². The van der Waals surface area contributed by atoms with Crippen LogP contribution >= 0.6 is 11.6 Å². The number of nitrogens with one attached hydrogen (secondary N) is 1. The van der Waals surface area contributed by atoms with Crippen molar-refractivity contribution in [1.29, 1.82) is 0 Å². The molecule has 126 valence electrons. The zero-order valence-corrected chi connectivity index (χ0v) is 14.4. The van der Waals surface area contributed by atoms with Gasteiger partial charge in [0, 0.05) is 11.1 Å². The van der Waals surface area contributed by atoms with Crippen LogP contribution in [0, 0.1) is 5.92 Å². The molecule has 23 heavy (non-hydrogen) atoms. The Labute approximate surface area is 142 Å². The van der Waals surface area contributed by atoms with Crippen LogP contribution in [0.1, 0.15) is 57.6 Å². The predicted molar refractivity (Wildman–Crippen MR) is 90.1 cm³/mol. The van der Waals surface area contributed by atoms with E-state index < -0.39 is 12.0 Å². The molecule has 2 atom stereocenters. The third-order valence-electron chi connectivity index (χ3n) is 4.17. The normalized spacial score (nSPS) is 20.6. The minimum Gasteiger partial charge on any atom is -0.457 e. The van der Waals surface area contributed by atoms with E-state index in [-0.39, 0.29) is 24.3 Å². The Morgan fingerprint density at radius 2 is 1.87 bits per heavy atom. The molecule has 0 spiro atoms. The number of carbonyl (C=O) groups excluding carboxylic acids is 2. The summed E-state index contributed by atoms with van der Waals surface area (Å²) in [4.78, 5) is 24.3. The highest BCUT2D eigenvalue weighted by Gasteiger charge is 2.41. The first-order valence-corrected chi connectivity index (χ1v) is 8.68. The van der Waals surface area contributed by atoms with E-state index in [1.807, 2.05) is 0 Å². The number of ether oxygens (including phenoxy) is 1. The van der Waals surface area contributed by atoms with Gasteiger partial charge in [-0.3, -0.25) is 9.59 Å². The lowest BCUT2D eigenvalue weighted by Gasteiger charge is -2.22. The van der Waals surface area contributed by atoms with Crippen LogP contribution in [0.3, 0.4) is 0 Å². The quantitative estimate of drug-likeness (QED) is 0.764. The summed E-state index contributed by atoms with van der Waals surface area (Å²) in [5.74, 6) is -0.893. The number of esters is 1. The van der Waals surface area contributed by atoms with E-state index >= 15 is 0 Å². The van der Waals surface area contributed by atoms with Crippen LogP contribution in [0.4, 0.5) is 0 Å². The molecule has 1 heterocycles. The fourth-order valence-electron chi connectivity index (χ4n) is 3.04. The molecule has 0 aromatic heterocycles. The van der Waals surface area contributed by atoms with Crippen molar-refractivity contribution in [3.63, 3.8) is 0 Å². The zero-order chi connectivity index (χ0) is 16.8. The number of halogens is 1. The van der Waals surface area contributed by atoms with Crippen molar-refractivity contribution in [2.45, 2.75) is 58.1 Å². The van der Waals surface area contributed by atoms with Crippen molar-refractivity contribution in [3.8, 4) is 0 Å². The minimum atomic E-state index is -0.524. The molecule has 5 heteroatoms. The first kappa shape index (κ1) is 17.8. The molecule has 0 radical (unpaired) electrons. The molecule has 1 aliphatic rings. The molecule has 1 unspecified atom stereocenters. The van der Waals surface area contributed by atoms with Gasteiger partial charge in [0.05, 0.1) is 12.3 Å². The molecule has 0 bridgehead atoms. The second-order valence-corrected chi connectivity index (χ2v) is 6.49.